The number of piperidine rings is 1. The molecule has 0 atom stereocenters. The van der Waals surface area contributed by atoms with E-state index in [-0.39, 0.29) is 0 Å². The van der Waals surface area contributed by atoms with E-state index in [2.05, 4.69) is 49.2 Å². The molecular formula is C16H26N2. The molecule has 2 nitrogen and oxygen atoms in total. The summed E-state index contributed by atoms with van der Waals surface area (Å²) in [5.74, 6) is 0. The van der Waals surface area contributed by atoms with Crippen molar-refractivity contribution in [3.8, 4) is 0 Å². The lowest BCUT2D eigenvalue weighted by atomic mass is 10.00. The zero-order chi connectivity index (χ0) is 13.0. The molecule has 100 valence electrons. The number of aryl methyl sites for hydroxylation is 2. The van der Waals surface area contributed by atoms with Crippen LogP contribution in [0.2, 0.25) is 0 Å². The first-order valence-corrected chi connectivity index (χ1v) is 7.21. The van der Waals surface area contributed by atoms with Crippen molar-refractivity contribution in [3.63, 3.8) is 0 Å². The Balaban J connectivity index is 1.92. The molecule has 18 heavy (non-hydrogen) atoms. The summed E-state index contributed by atoms with van der Waals surface area (Å²) < 4.78 is 0. The highest BCUT2D eigenvalue weighted by Crippen LogP contribution is 2.19. The lowest BCUT2D eigenvalue weighted by Crippen LogP contribution is -2.42. The van der Waals surface area contributed by atoms with Crippen LogP contribution in [0.1, 0.15) is 36.5 Å². The SMILES string of the molecule is CCNC1CCN(Cc2c(C)cccc2C)CC1. The zero-order valence-corrected chi connectivity index (χ0v) is 12.0. The maximum absolute atomic E-state index is 3.56. The van der Waals surface area contributed by atoms with E-state index in [1.54, 1.807) is 0 Å². The van der Waals surface area contributed by atoms with E-state index in [9.17, 15) is 0 Å². The minimum absolute atomic E-state index is 0.740. The third-order valence-corrected chi connectivity index (χ3v) is 4.11. The molecule has 0 bridgehead atoms. The van der Waals surface area contributed by atoms with Crippen LogP contribution in [0.4, 0.5) is 0 Å². The molecule has 1 aliphatic rings. The average molecular weight is 246 g/mol. The first kappa shape index (κ1) is 13.6. The Kier molecular flexibility index (Phi) is 4.79. The molecule has 0 spiro atoms. The van der Waals surface area contributed by atoms with Gasteiger partial charge >= 0.3 is 0 Å². The van der Waals surface area contributed by atoms with Gasteiger partial charge in [-0.05, 0) is 63.0 Å². The Hall–Kier alpha value is -0.860. The highest BCUT2D eigenvalue weighted by Gasteiger charge is 2.19. The second-order valence-corrected chi connectivity index (χ2v) is 5.48. The third kappa shape index (κ3) is 3.33. The predicted molar refractivity (Wildman–Crippen MR) is 77.9 cm³/mol. The molecule has 0 saturated carbocycles. The molecule has 1 heterocycles. The molecule has 0 aromatic heterocycles. The van der Waals surface area contributed by atoms with Crippen LogP contribution in [0.15, 0.2) is 18.2 Å². The lowest BCUT2D eigenvalue weighted by molar-refractivity contribution is 0.191. The predicted octanol–water partition coefficient (Wildman–Crippen LogP) is 2.88. The largest absolute Gasteiger partial charge is 0.314 e. The van der Waals surface area contributed by atoms with Gasteiger partial charge in [-0.2, -0.15) is 0 Å². The van der Waals surface area contributed by atoms with Gasteiger partial charge in [0.1, 0.15) is 0 Å². The van der Waals surface area contributed by atoms with Gasteiger partial charge in [0, 0.05) is 12.6 Å². The molecule has 0 radical (unpaired) electrons. The molecule has 2 rings (SSSR count). The fraction of sp³-hybridized carbons (Fsp3) is 0.625. The van der Waals surface area contributed by atoms with Gasteiger partial charge < -0.3 is 5.32 Å². The molecule has 1 N–H and O–H groups in total. The van der Waals surface area contributed by atoms with Gasteiger partial charge in [-0.3, -0.25) is 4.90 Å². The van der Waals surface area contributed by atoms with Crippen LogP contribution in [0.5, 0.6) is 0 Å². The van der Waals surface area contributed by atoms with Gasteiger partial charge in [-0.25, -0.2) is 0 Å². The minimum Gasteiger partial charge on any atom is -0.314 e. The van der Waals surface area contributed by atoms with Crippen molar-refractivity contribution in [1.29, 1.82) is 0 Å². The van der Waals surface area contributed by atoms with Crippen LogP contribution in [0.3, 0.4) is 0 Å². The number of rotatable bonds is 4. The minimum atomic E-state index is 0.740. The van der Waals surface area contributed by atoms with Crippen molar-refractivity contribution in [2.24, 2.45) is 0 Å². The Morgan fingerprint density at radius 1 is 1.17 bits per heavy atom. The number of nitrogens with one attached hydrogen (secondary N) is 1. The molecule has 1 aliphatic heterocycles. The summed E-state index contributed by atoms with van der Waals surface area (Å²) in [6.45, 7) is 11.3. The molecule has 1 aromatic rings. The number of likely N-dealkylation sites (tertiary alicyclic amines) is 1. The molecule has 1 saturated heterocycles. The van der Waals surface area contributed by atoms with Crippen LogP contribution in [0.25, 0.3) is 0 Å². The number of hydrogen-bond donors (Lipinski definition) is 1. The summed E-state index contributed by atoms with van der Waals surface area (Å²) in [4.78, 5) is 2.60. The van der Waals surface area contributed by atoms with Gasteiger partial charge in [0.25, 0.3) is 0 Å². The van der Waals surface area contributed by atoms with Crippen LogP contribution in [-0.4, -0.2) is 30.6 Å². The summed E-state index contributed by atoms with van der Waals surface area (Å²) in [6, 6.07) is 7.36. The van der Waals surface area contributed by atoms with Crippen molar-refractivity contribution in [2.45, 2.75) is 46.2 Å². The van der Waals surface area contributed by atoms with Gasteiger partial charge in [0.15, 0.2) is 0 Å². The van der Waals surface area contributed by atoms with Gasteiger partial charge in [0.2, 0.25) is 0 Å². The van der Waals surface area contributed by atoms with Crippen LogP contribution >= 0.6 is 0 Å². The number of nitrogens with zero attached hydrogens (tertiary/aromatic N) is 1. The smallest absolute Gasteiger partial charge is 0.0239 e. The summed E-state index contributed by atoms with van der Waals surface area (Å²) in [5, 5.41) is 3.56. The van der Waals surface area contributed by atoms with Crippen molar-refractivity contribution in [2.75, 3.05) is 19.6 Å². The van der Waals surface area contributed by atoms with Crippen molar-refractivity contribution >= 4 is 0 Å². The second-order valence-electron chi connectivity index (χ2n) is 5.48. The summed E-state index contributed by atoms with van der Waals surface area (Å²) in [5.41, 5.74) is 4.40. The van der Waals surface area contributed by atoms with Gasteiger partial charge in [-0.15, -0.1) is 0 Å². The van der Waals surface area contributed by atoms with E-state index in [4.69, 9.17) is 0 Å². The maximum Gasteiger partial charge on any atom is 0.0239 e. The van der Waals surface area contributed by atoms with Gasteiger partial charge in [-0.1, -0.05) is 25.1 Å². The first-order valence-electron chi connectivity index (χ1n) is 7.21. The van der Waals surface area contributed by atoms with E-state index in [0.29, 0.717) is 0 Å². The first-order chi connectivity index (χ1) is 8.70. The monoisotopic (exact) mass is 246 g/mol. The Labute approximate surface area is 111 Å². The molecule has 0 unspecified atom stereocenters. The Bertz CT molecular complexity index is 358. The third-order valence-electron chi connectivity index (χ3n) is 4.11. The standard InChI is InChI=1S/C16H26N2/c1-4-17-15-8-10-18(11-9-15)12-16-13(2)6-5-7-14(16)3/h5-7,15,17H,4,8-12H2,1-3H3. The topological polar surface area (TPSA) is 15.3 Å². The maximum atomic E-state index is 3.56. The van der Waals surface area contributed by atoms with Crippen LogP contribution in [0, 0.1) is 13.8 Å². The molecule has 2 heteroatoms. The van der Waals surface area contributed by atoms with E-state index in [1.165, 1.54) is 42.6 Å². The quantitative estimate of drug-likeness (QED) is 0.879. The van der Waals surface area contributed by atoms with Crippen molar-refractivity contribution in [3.05, 3.63) is 34.9 Å². The van der Waals surface area contributed by atoms with E-state index >= 15 is 0 Å². The van der Waals surface area contributed by atoms with Crippen LogP contribution in [-0.2, 0) is 6.54 Å². The summed E-state index contributed by atoms with van der Waals surface area (Å²) >= 11 is 0. The highest BCUT2D eigenvalue weighted by atomic mass is 15.1. The van der Waals surface area contributed by atoms with Crippen molar-refractivity contribution < 1.29 is 0 Å². The van der Waals surface area contributed by atoms with Crippen LogP contribution < -0.4 is 5.32 Å². The van der Waals surface area contributed by atoms with Crippen molar-refractivity contribution in [1.82, 2.24) is 10.2 Å². The molecular weight excluding hydrogens is 220 g/mol. The number of hydrogen-bond acceptors (Lipinski definition) is 2. The molecule has 1 fully saturated rings. The second kappa shape index (κ2) is 6.35. The number of benzene rings is 1. The fourth-order valence-corrected chi connectivity index (χ4v) is 2.91. The highest BCUT2D eigenvalue weighted by molar-refractivity contribution is 5.33. The van der Waals surface area contributed by atoms with Gasteiger partial charge in [0.05, 0.1) is 0 Å². The summed E-state index contributed by atoms with van der Waals surface area (Å²) in [7, 11) is 0. The van der Waals surface area contributed by atoms with E-state index in [0.717, 1.165) is 19.1 Å². The molecule has 0 amide bonds. The zero-order valence-electron chi connectivity index (χ0n) is 12.0. The lowest BCUT2D eigenvalue weighted by Gasteiger charge is -2.33. The molecule has 0 aliphatic carbocycles. The molecule has 1 aromatic carbocycles. The summed E-state index contributed by atoms with van der Waals surface area (Å²) in [6.07, 6.45) is 2.58. The fourth-order valence-electron chi connectivity index (χ4n) is 2.91. The Morgan fingerprint density at radius 3 is 2.33 bits per heavy atom. The normalized spacial score (nSPS) is 18.2. The average Bonchev–Trinajstić information content (AvgIpc) is 2.36. The van der Waals surface area contributed by atoms with E-state index in [1.807, 2.05) is 0 Å². The Morgan fingerprint density at radius 2 is 1.78 bits per heavy atom. The van der Waals surface area contributed by atoms with E-state index < -0.39 is 0 Å².